The van der Waals surface area contributed by atoms with Crippen LogP contribution in [0.5, 0.6) is 0 Å². The van der Waals surface area contributed by atoms with Crippen molar-refractivity contribution in [2.24, 2.45) is 0 Å². The third kappa shape index (κ3) is 4.56. The first-order valence-electron chi connectivity index (χ1n) is 11.4. The van der Waals surface area contributed by atoms with E-state index in [9.17, 15) is 14.0 Å². The minimum absolute atomic E-state index is 0.0167. The van der Waals surface area contributed by atoms with Crippen LogP contribution in [0.4, 0.5) is 4.39 Å². The van der Waals surface area contributed by atoms with Crippen molar-refractivity contribution < 1.29 is 14.0 Å². The number of amides is 2. The first kappa shape index (κ1) is 22.5. The van der Waals surface area contributed by atoms with Gasteiger partial charge in [0.2, 0.25) is 5.91 Å². The van der Waals surface area contributed by atoms with Crippen LogP contribution in [-0.4, -0.2) is 61.9 Å². The van der Waals surface area contributed by atoms with E-state index in [4.69, 9.17) is 0 Å². The normalized spacial score (nSPS) is 19.2. The number of nitrogens with zero attached hydrogens (tertiary/aromatic N) is 2. The quantitative estimate of drug-likeness (QED) is 0.752. The van der Waals surface area contributed by atoms with Crippen LogP contribution in [0.3, 0.4) is 0 Å². The molecule has 1 aliphatic carbocycles. The van der Waals surface area contributed by atoms with Gasteiger partial charge < -0.3 is 15.1 Å². The van der Waals surface area contributed by atoms with Crippen molar-refractivity contribution in [1.29, 1.82) is 0 Å². The highest BCUT2D eigenvalue weighted by Crippen LogP contribution is 2.52. The summed E-state index contributed by atoms with van der Waals surface area (Å²) in [4.78, 5) is 29.3. The topological polar surface area (TPSA) is 52.7 Å². The number of halogens is 1. The standard InChI is InChI=1S/C26H32FN3O2/c1-29(2)16-13-28-24(31)17-19-18-26(22-9-5-3-7-20(19)22)11-14-30(15-12-26)25(32)21-8-4-6-10-23(21)27/h3-10,19H,11-18H2,1-2H3,(H,28,31). The zero-order valence-electron chi connectivity index (χ0n) is 18.9. The minimum Gasteiger partial charge on any atom is -0.355 e. The van der Waals surface area contributed by atoms with E-state index in [2.05, 4.69) is 28.4 Å². The molecule has 1 aliphatic heterocycles. The maximum Gasteiger partial charge on any atom is 0.256 e. The van der Waals surface area contributed by atoms with Crippen LogP contribution in [0.2, 0.25) is 0 Å². The fraction of sp³-hybridized carbons (Fsp3) is 0.462. The molecular formula is C26H32FN3O2. The van der Waals surface area contributed by atoms with Crippen molar-refractivity contribution in [3.05, 3.63) is 71.0 Å². The highest BCUT2D eigenvalue weighted by Gasteiger charge is 2.46. The smallest absolute Gasteiger partial charge is 0.256 e. The van der Waals surface area contributed by atoms with Gasteiger partial charge >= 0.3 is 0 Å². The summed E-state index contributed by atoms with van der Waals surface area (Å²) in [6.07, 6.45) is 3.09. The molecule has 1 saturated heterocycles. The fourth-order valence-corrected chi connectivity index (χ4v) is 5.34. The zero-order chi connectivity index (χ0) is 22.7. The predicted octanol–water partition coefficient (Wildman–Crippen LogP) is 3.55. The number of carbonyl (C=O) groups excluding carboxylic acids is 2. The Kier molecular flexibility index (Phi) is 6.60. The van der Waals surface area contributed by atoms with Gasteiger partial charge in [0.25, 0.3) is 5.91 Å². The van der Waals surface area contributed by atoms with Crippen LogP contribution >= 0.6 is 0 Å². The molecule has 6 heteroatoms. The Labute approximate surface area is 189 Å². The summed E-state index contributed by atoms with van der Waals surface area (Å²) < 4.78 is 14.1. The number of hydrogen-bond donors (Lipinski definition) is 1. The van der Waals surface area contributed by atoms with Crippen LogP contribution < -0.4 is 5.32 Å². The average Bonchev–Trinajstić information content (AvgIpc) is 3.07. The molecule has 2 aromatic carbocycles. The third-order valence-electron chi connectivity index (χ3n) is 7.03. The van der Waals surface area contributed by atoms with E-state index in [0.29, 0.717) is 26.1 Å². The van der Waals surface area contributed by atoms with Gasteiger partial charge in [-0.3, -0.25) is 9.59 Å². The second-order valence-corrected chi connectivity index (χ2v) is 9.40. The van der Waals surface area contributed by atoms with E-state index >= 15 is 0 Å². The molecule has 0 saturated carbocycles. The zero-order valence-corrected chi connectivity index (χ0v) is 18.9. The number of piperidine rings is 1. The summed E-state index contributed by atoms with van der Waals surface area (Å²) in [5.74, 6) is -0.416. The van der Waals surface area contributed by atoms with Crippen LogP contribution in [0.15, 0.2) is 48.5 Å². The number of likely N-dealkylation sites (tertiary alicyclic amines) is 1. The molecule has 2 amide bonds. The summed E-state index contributed by atoms with van der Waals surface area (Å²) in [6.45, 7) is 2.67. The molecule has 0 bridgehead atoms. The van der Waals surface area contributed by atoms with Gasteiger partial charge in [-0.25, -0.2) is 4.39 Å². The van der Waals surface area contributed by atoms with Crippen LogP contribution in [0, 0.1) is 5.82 Å². The highest BCUT2D eigenvalue weighted by atomic mass is 19.1. The second kappa shape index (κ2) is 9.41. The minimum atomic E-state index is -0.468. The molecule has 1 heterocycles. The van der Waals surface area contributed by atoms with E-state index in [1.165, 1.54) is 17.2 Å². The SMILES string of the molecule is CN(C)CCNC(=O)CC1CC2(CCN(C(=O)c3ccccc3F)CC2)c2ccccc21. The van der Waals surface area contributed by atoms with Gasteiger partial charge in [-0.15, -0.1) is 0 Å². The molecule has 1 unspecified atom stereocenters. The fourth-order valence-electron chi connectivity index (χ4n) is 5.34. The van der Waals surface area contributed by atoms with Gasteiger partial charge in [-0.05, 0) is 68.0 Å². The monoisotopic (exact) mass is 437 g/mol. The summed E-state index contributed by atoms with van der Waals surface area (Å²) in [6, 6.07) is 14.6. The summed E-state index contributed by atoms with van der Waals surface area (Å²) in [5, 5.41) is 3.04. The van der Waals surface area contributed by atoms with E-state index in [1.807, 2.05) is 20.2 Å². The predicted molar refractivity (Wildman–Crippen MR) is 123 cm³/mol. The Morgan fingerprint density at radius 3 is 2.50 bits per heavy atom. The lowest BCUT2D eigenvalue weighted by Gasteiger charge is -2.40. The Bertz CT molecular complexity index is 983. The van der Waals surface area contributed by atoms with Crippen molar-refractivity contribution in [2.75, 3.05) is 40.3 Å². The Morgan fingerprint density at radius 2 is 1.78 bits per heavy atom. The molecular weight excluding hydrogens is 405 g/mol. The molecule has 2 aliphatic rings. The molecule has 1 spiro atoms. The molecule has 32 heavy (non-hydrogen) atoms. The number of hydrogen-bond acceptors (Lipinski definition) is 3. The van der Waals surface area contributed by atoms with Crippen molar-refractivity contribution >= 4 is 11.8 Å². The molecule has 1 fully saturated rings. The maximum atomic E-state index is 14.1. The van der Waals surface area contributed by atoms with E-state index in [-0.39, 0.29) is 28.7 Å². The molecule has 4 rings (SSSR count). The molecule has 0 aromatic heterocycles. The van der Waals surface area contributed by atoms with Crippen LogP contribution in [-0.2, 0) is 10.2 Å². The van der Waals surface area contributed by atoms with E-state index in [0.717, 1.165) is 25.8 Å². The van der Waals surface area contributed by atoms with E-state index < -0.39 is 5.82 Å². The molecule has 2 aromatic rings. The highest BCUT2D eigenvalue weighted by molar-refractivity contribution is 5.94. The molecule has 1 N–H and O–H groups in total. The van der Waals surface area contributed by atoms with Gasteiger partial charge in [0.1, 0.15) is 5.82 Å². The first-order chi connectivity index (χ1) is 15.4. The van der Waals surface area contributed by atoms with Crippen molar-refractivity contribution in [1.82, 2.24) is 15.1 Å². The lowest BCUT2D eigenvalue weighted by molar-refractivity contribution is -0.121. The Balaban J connectivity index is 1.44. The number of fused-ring (bicyclic) bond motifs is 2. The van der Waals surface area contributed by atoms with Gasteiger partial charge in [-0.2, -0.15) is 0 Å². The number of rotatable bonds is 6. The summed E-state index contributed by atoms with van der Waals surface area (Å²) in [7, 11) is 3.98. The van der Waals surface area contributed by atoms with Gasteiger partial charge in [0, 0.05) is 32.6 Å². The number of nitrogens with one attached hydrogen (secondary N) is 1. The number of benzene rings is 2. The lowest BCUT2D eigenvalue weighted by atomic mass is 9.73. The number of carbonyl (C=O) groups is 2. The summed E-state index contributed by atoms with van der Waals surface area (Å²) in [5.41, 5.74) is 2.72. The number of likely N-dealkylation sites (N-methyl/N-ethyl adjacent to an activating group) is 1. The van der Waals surface area contributed by atoms with E-state index in [1.54, 1.807) is 23.1 Å². The van der Waals surface area contributed by atoms with Crippen molar-refractivity contribution in [3.63, 3.8) is 0 Å². The second-order valence-electron chi connectivity index (χ2n) is 9.40. The van der Waals surface area contributed by atoms with Crippen LogP contribution in [0.25, 0.3) is 0 Å². The first-order valence-corrected chi connectivity index (χ1v) is 11.4. The van der Waals surface area contributed by atoms with Crippen LogP contribution in [0.1, 0.15) is 53.1 Å². The Hall–Kier alpha value is -2.73. The molecule has 1 atom stereocenters. The maximum absolute atomic E-state index is 14.1. The molecule has 0 radical (unpaired) electrons. The van der Waals surface area contributed by atoms with Crippen molar-refractivity contribution in [3.8, 4) is 0 Å². The Morgan fingerprint density at radius 1 is 1.09 bits per heavy atom. The third-order valence-corrected chi connectivity index (χ3v) is 7.03. The van der Waals surface area contributed by atoms with Gasteiger partial charge in [0.15, 0.2) is 0 Å². The largest absolute Gasteiger partial charge is 0.355 e. The molecule has 5 nitrogen and oxygen atoms in total. The lowest BCUT2D eigenvalue weighted by Crippen LogP contribution is -2.44. The summed E-state index contributed by atoms with van der Waals surface area (Å²) >= 11 is 0. The van der Waals surface area contributed by atoms with Crippen molar-refractivity contribution in [2.45, 2.75) is 37.0 Å². The van der Waals surface area contributed by atoms with Gasteiger partial charge in [-0.1, -0.05) is 36.4 Å². The average molecular weight is 438 g/mol. The molecule has 170 valence electrons. The van der Waals surface area contributed by atoms with Gasteiger partial charge in [0.05, 0.1) is 5.56 Å².